The smallest absolute Gasteiger partial charge is 0.143 e. The molecule has 13 rings (SSSR count). The third-order valence-electron chi connectivity index (χ3n) is 13.8. The minimum atomic E-state index is -0.120. The van der Waals surface area contributed by atoms with Gasteiger partial charge in [-0.3, -0.25) is 0 Å². The summed E-state index contributed by atoms with van der Waals surface area (Å²) in [5.41, 5.74) is 18.5. The Balaban J connectivity index is 1.07. The molecule has 0 spiro atoms. The Bertz CT molecular complexity index is 3810. The first-order chi connectivity index (χ1) is 31.5. The Morgan fingerprint density at radius 1 is 0.438 bits per heavy atom. The van der Waals surface area contributed by atoms with E-state index in [2.05, 4.69) is 242 Å². The third kappa shape index (κ3) is 5.28. The van der Waals surface area contributed by atoms with Crippen LogP contribution in [0, 0.1) is 0 Å². The molecule has 0 saturated heterocycles. The number of furan rings is 1. The zero-order chi connectivity index (χ0) is 42.5. The van der Waals surface area contributed by atoms with Crippen LogP contribution in [-0.2, 0) is 5.41 Å². The molecule has 0 aliphatic heterocycles. The van der Waals surface area contributed by atoms with E-state index >= 15 is 0 Å². The van der Waals surface area contributed by atoms with Crippen molar-refractivity contribution in [1.29, 1.82) is 0 Å². The van der Waals surface area contributed by atoms with E-state index < -0.39 is 0 Å². The first-order valence-corrected chi connectivity index (χ1v) is 22.2. The van der Waals surface area contributed by atoms with Gasteiger partial charge >= 0.3 is 0 Å². The fraction of sp³-hybridized carbons (Fsp3) is 0.0492. The molecule has 302 valence electrons. The fourth-order valence-electron chi connectivity index (χ4n) is 10.9. The van der Waals surface area contributed by atoms with Crippen molar-refractivity contribution in [2.24, 2.45) is 0 Å². The predicted octanol–water partition coefficient (Wildman–Crippen LogP) is 16.9. The number of fused-ring (bicyclic) bond motifs is 11. The monoisotopic (exact) mass is 818 g/mol. The lowest BCUT2D eigenvalue weighted by molar-refractivity contribution is 0.660. The van der Waals surface area contributed by atoms with Crippen molar-refractivity contribution in [3.63, 3.8) is 0 Å². The summed E-state index contributed by atoms with van der Waals surface area (Å²) in [4.78, 5) is 2.49. The lowest BCUT2D eigenvalue weighted by Gasteiger charge is -2.30. The van der Waals surface area contributed by atoms with Crippen molar-refractivity contribution in [3.05, 3.63) is 230 Å². The van der Waals surface area contributed by atoms with Crippen LogP contribution in [0.25, 0.3) is 93.6 Å². The average Bonchev–Trinajstić information content (AvgIpc) is 3.99. The molecule has 0 radical (unpaired) electrons. The van der Waals surface area contributed by atoms with E-state index in [0.717, 1.165) is 66.7 Å². The third-order valence-corrected chi connectivity index (χ3v) is 13.8. The summed E-state index contributed by atoms with van der Waals surface area (Å²) in [6.45, 7) is 4.72. The van der Waals surface area contributed by atoms with Gasteiger partial charge in [-0.05, 0) is 98.9 Å². The average molecular weight is 819 g/mol. The van der Waals surface area contributed by atoms with Crippen LogP contribution in [-0.4, -0.2) is 4.57 Å². The van der Waals surface area contributed by atoms with E-state index in [9.17, 15) is 0 Å². The maximum Gasteiger partial charge on any atom is 0.143 e. The van der Waals surface area contributed by atoms with Gasteiger partial charge in [-0.15, -0.1) is 0 Å². The number of anilines is 3. The van der Waals surface area contributed by atoms with E-state index in [-0.39, 0.29) is 5.41 Å². The van der Waals surface area contributed by atoms with Crippen molar-refractivity contribution in [1.82, 2.24) is 4.57 Å². The Labute approximate surface area is 371 Å². The highest BCUT2D eigenvalue weighted by Gasteiger charge is 2.37. The maximum absolute atomic E-state index is 6.63. The second kappa shape index (κ2) is 13.9. The van der Waals surface area contributed by atoms with E-state index in [1.165, 1.54) is 55.1 Å². The molecule has 3 nitrogen and oxygen atoms in total. The van der Waals surface area contributed by atoms with Gasteiger partial charge in [-0.25, -0.2) is 0 Å². The second-order valence-electron chi connectivity index (χ2n) is 17.6. The Kier molecular flexibility index (Phi) is 7.95. The molecular formula is C61H42N2O. The van der Waals surface area contributed by atoms with Crippen molar-refractivity contribution >= 4 is 71.6 Å². The van der Waals surface area contributed by atoms with Crippen molar-refractivity contribution in [2.45, 2.75) is 19.3 Å². The zero-order valence-electron chi connectivity index (χ0n) is 35.6. The number of para-hydroxylation sites is 4. The number of nitrogens with zero attached hydrogens (tertiary/aromatic N) is 2. The molecule has 0 unspecified atom stereocenters. The van der Waals surface area contributed by atoms with Crippen LogP contribution >= 0.6 is 0 Å². The Morgan fingerprint density at radius 2 is 1.08 bits per heavy atom. The molecule has 10 aromatic carbocycles. The molecule has 2 aromatic heterocycles. The highest BCUT2D eigenvalue weighted by atomic mass is 16.3. The van der Waals surface area contributed by atoms with E-state index in [4.69, 9.17) is 4.42 Å². The molecule has 0 N–H and O–H groups in total. The normalized spacial score (nSPS) is 13.0. The van der Waals surface area contributed by atoms with Crippen molar-refractivity contribution < 1.29 is 4.42 Å². The zero-order valence-corrected chi connectivity index (χ0v) is 35.6. The number of hydrogen-bond acceptors (Lipinski definition) is 2. The molecular weight excluding hydrogens is 777 g/mol. The van der Waals surface area contributed by atoms with Crippen LogP contribution in [0.5, 0.6) is 0 Å². The summed E-state index contributed by atoms with van der Waals surface area (Å²) in [5.74, 6) is 0. The van der Waals surface area contributed by atoms with Gasteiger partial charge in [0.1, 0.15) is 11.2 Å². The molecule has 1 aliphatic rings. The van der Waals surface area contributed by atoms with Crippen LogP contribution < -0.4 is 4.90 Å². The van der Waals surface area contributed by atoms with Gasteiger partial charge in [0, 0.05) is 49.3 Å². The summed E-state index contributed by atoms with van der Waals surface area (Å²) >= 11 is 0. The van der Waals surface area contributed by atoms with Gasteiger partial charge in [0.25, 0.3) is 0 Å². The first kappa shape index (κ1) is 36.5. The van der Waals surface area contributed by atoms with Gasteiger partial charge in [0.15, 0.2) is 0 Å². The minimum absolute atomic E-state index is 0.120. The van der Waals surface area contributed by atoms with E-state index in [1.807, 2.05) is 0 Å². The largest absolute Gasteiger partial charge is 0.455 e. The molecule has 0 fully saturated rings. The second-order valence-corrected chi connectivity index (χ2v) is 17.6. The topological polar surface area (TPSA) is 21.3 Å². The lowest BCUT2D eigenvalue weighted by Crippen LogP contribution is -2.15. The number of aromatic nitrogens is 1. The molecule has 0 bridgehead atoms. The van der Waals surface area contributed by atoms with Gasteiger partial charge < -0.3 is 13.9 Å². The summed E-state index contributed by atoms with van der Waals surface area (Å²) in [6.07, 6.45) is 0. The first-order valence-electron chi connectivity index (χ1n) is 22.2. The van der Waals surface area contributed by atoms with Gasteiger partial charge in [0.2, 0.25) is 0 Å². The van der Waals surface area contributed by atoms with Gasteiger partial charge in [-0.1, -0.05) is 178 Å². The number of benzene rings is 10. The molecule has 0 saturated carbocycles. The van der Waals surface area contributed by atoms with Crippen molar-refractivity contribution in [2.75, 3.05) is 4.90 Å². The number of rotatable bonds is 6. The Morgan fingerprint density at radius 3 is 1.95 bits per heavy atom. The highest BCUT2D eigenvalue weighted by molar-refractivity contribution is 6.19. The summed E-state index contributed by atoms with van der Waals surface area (Å²) in [7, 11) is 0. The highest BCUT2D eigenvalue weighted by Crippen LogP contribution is 2.54. The molecule has 64 heavy (non-hydrogen) atoms. The van der Waals surface area contributed by atoms with E-state index in [0.29, 0.717) is 0 Å². The van der Waals surface area contributed by atoms with Gasteiger partial charge in [0.05, 0.1) is 22.4 Å². The van der Waals surface area contributed by atoms with Crippen LogP contribution in [0.1, 0.15) is 25.0 Å². The fourth-order valence-corrected chi connectivity index (χ4v) is 10.9. The quantitative estimate of drug-likeness (QED) is 0.167. The molecule has 12 aromatic rings. The van der Waals surface area contributed by atoms with Crippen molar-refractivity contribution in [3.8, 4) is 39.1 Å². The molecule has 2 heterocycles. The Hall–Kier alpha value is -8.14. The molecule has 0 amide bonds. The standard InChI is InChI=1S/C61H42N2O/c1-61(2)51-27-11-8-23-49(51)57-47(25-14-28-52(57)61)45-21-9-12-29-53(45)62(55-31-15-26-48-46-22-10-13-30-54(46)63(59(48)55)41-18-4-3-5-19-41)42-36-33-40(34-37-42)43-24-16-32-56-58(43)50-38-35-39-17-6-7-20-44(39)60(50)64-56/h3-38H,1-2H3. The molecule has 1 aliphatic carbocycles. The van der Waals surface area contributed by atoms with Crippen LogP contribution in [0.15, 0.2) is 223 Å². The summed E-state index contributed by atoms with van der Waals surface area (Å²) in [6, 6.07) is 79.7. The predicted molar refractivity (Wildman–Crippen MR) is 269 cm³/mol. The van der Waals surface area contributed by atoms with Crippen LogP contribution in [0.4, 0.5) is 17.1 Å². The number of hydrogen-bond donors (Lipinski definition) is 0. The van der Waals surface area contributed by atoms with E-state index in [1.54, 1.807) is 0 Å². The van der Waals surface area contributed by atoms with Gasteiger partial charge in [-0.2, -0.15) is 0 Å². The van der Waals surface area contributed by atoms with Crippen LogP contribution in [0.2, 0.25) is 0 Å². The van der Waals surface area contributed by atoms with Crippen LogP contribution in [0.3, 0.4) is 0 Å². The minimum Gasteiger partial charge on any atom is -0.455 e. The summed E-state index contributed by atoms with van der Waals surface area (Å²) < 4.78 is 9.07. The molecule has 3 heteroatoms. The lowest BCUT2D eigenvalue weighted by atomic mass is 9.82. The molecule has 0 atom stereocenters. The SMILES string of the molecule is CC1(C)c2ccccc2-c2c(-c3ccccc3N(c3ccc(-c4cccc5oc6c7ccccc7ccc6c45)cc3)c3cccc4c5ccccc5n(-c5ccccc5)c34)cccc21. The maximum atomic E-state index is 6.63. The summed E-state index contributed by atoms with van der Waals surface area (Å²) in [5, 5.41) is 7.00.